The van der Waals surface area contributed by atoms with Crippen molar-refractivity contribution in [2.45, 2.75) is 19.8 Å². The van der Waals surface area contributed by atoms with E-state index in [1.807, 2.05) is 0 Å². The van der Waals surface area contributed by atoms with Crippen LogP contribution in [0.5, 0.6) is 5.88 Å². The summed E-state index contributed by atoms with van der Waals surface area (Å²) in [6, 6.07) is 1.56. The second-order valence-electron chi connectivity index (χ2n) is 2.46. The fraction of sp³-hybridized carbons (Fsp3) is 0.500. The summed E-state index contributed by atoms with van der Waals surface area (Å²) in [5.74, 6) is 0.510. The Morgan fingerprint density at radius 3 is 3.08 bits per heavy atom. The predicted octanol–water partition coefficient (Wildman–Crippen LogP) is 0.894. The second kappa shape index (κ2) is 4.54. The van der Waals surface area contributed by atoms with Crippen LogP contribution in [0.4, 0.5) is 0 Å². The van der Waals surface area contributed by atoms with Gasteiger partial charge in [0.05, 0.1) is 12.7 Å². The van der Waals surface area contributed by atoms with Crippen molar-refractivity contribution in [2.75, 3.05) is 6.61 Å². The number of hydrogen-bond donors (Lipinski definition) is 0. The van der Waals surface area contributed by atoms with Crippen molar-refractivity contribution in [3.63, 3.8) is 0 Å². The van der Waals surface area contributed by atoms with Crippen molar-refractivity contribution >= 4 is 0 Å². The predicted molar refractivity (Wildman–Crippen MR) is 43.6 cm³/mol. The van der Waals surface area contributed by atoms with E-state index < -0.39 is 0 Å². The first-order valence-corrected chi connectivity index (χ1v) is 4.00. The van der Waals surface area contributed by atoms with E-state index >= 15 is 0 Å². The van der Waals surface area contributed by atoms with Gasteiger partial charge in [-0.1, -0.05) is 13.3 Å². The molecule has 66 valence electrons. The second-order valence-corrected chi connectivity index (χ2v) is 2.46. The summed E-state index contributed by atoms with van der Waals surface area (Å²) in [6.07, 6.45) is 4.65. The van der Waals surface area contributed by atoms with Crippen molar-refractivity contribution in [1.29, 1.82) is 0 Å². The Labute approximate surface area is 71.4 Å². The molecule has 12 heavy (non-hydrogen) atoms. The lowest BCUT2D eigenvalue weighted by molar-refractivity contribution is -0.608. The summed E-state index contributed by atoms with van der Waals surface area (Å²) in [7, 11) is 0. The maximum absolute atomic E-state index is 10.6. The number of rotatable bonds is 4. The first-order valence-electron chi connectivity index (χ1n) is 4.00. The highest BCUT2D eigenvalue weighted by atomic mass is 16.5. The Morgan fingerprint density at radius 1 is 1.67 bits per heavy atom. The first-order chi connectivity index (χ1) is 5.83. The van der Waals surface area contributed by atoms with E-state index in [-0.39, 0.29) is 0 Å². The minimum atomic E-state index is 0.510. The monoisotopic (exact) mass is 168 g/mol. The zero-order chi connectivity index (χ0) is 8.81. The van der Waals surface area contributed by atoms with Crippen molar-refractivity contribution in [3.05, 3.63) is 23.8 Å². The lowest BCUT2D eigenvalue weighted by Crippen LogP contribution is -2.24. The van der Waals surface area contributed by atoms with Gasteiger partial charge in [-0.15, -0.1) is 0 Å². The zero-order valence-corrected chi connectivity index (χ0v) is 7.06. The fourth-order valence-electron chi connectivity index (χ4n) is 0.739. The Morgan fingerprint density at radius 2 is 2.50 bits per heavy atom. The molecule has 0 aliphatic heterocycles. The summed E-state index contributed by atoms with van der Waals surface area (Å²) in [6.45, 7) is 2.75. The molecule has 0 aliphatic rings. The van der Waals surface area contributed by atoms with Crippen molar-refractivity contribution in [2.24, 2.45) is 0 Å². The number of aromatic nitrogens is 2. The topological polar surface area (TPSA) is 49.1 Å². The zero-order valence-electron chi connectivity index (χ0n) is 7.06. The van der Waals surface area contributed by atoms with Crippen LogP contribution in [0.15, 0.2) is 18.6 Å². The Bertz CT molecular complexity index is 223. The molecule has 0 saturated carbocycles. The third-order valence-electron chi connectivity index (χ3n) is 1.41. The molecule has 1 aromatic heterocycles. The van der Waals surface area contributed by atoms with Crippen molar-refractivity contribution in [3.8, 4) is 5.88 Å². The third kappa shape index (κ3) is 2.74. The van der Waals surface area contributed by atoms with Gasteiger partial charge < -0.3 is 9.94 Å². The molecule has 0 amide bonds. The van der Waals surface area contributed by atoms with Crippen LogP contribution in [0.3, 0.4) is 0 Å². The lowest BCUT2D eigenvalue weighted by atomic mass is 10.4. The van der Waals surface area contributed by atoms with E-state index in [1.165, 1.54) is 12.5 Å². The van der Waals surface area contributed by atoms with Crippen LogP contribution in [0.2, 0.25) is 0 Å². The number of ether oxygens (including phenoxy) is 1. The molecule has 4 heteroatoms. The maximum Gasteiger partial charge on any atom is 0.331 e. The first kappa shape index (κ1) is 8.77. The summed E-state index contributed by atoms with van der Waals surface area (Å²) in [5.41, 5.74) is 0. The Balaban J connectivity index is 2.37. The average Bonchev–Trinajstić information content (AvgIpc) is 2.09. The average molecular weight is 168 g/mol. The molecular weight excluding hydrogens is 156 g/mol. The van der Waals surface area contributed by atoms with E-state index in [9.17, 15) is 5.21 Å². The lowest BCUT2D eigenvalue weighted by Gasteiger charge is -2.00. The van der Waals surface area contributed by atoms with Crippen LogP contribution in [0.1, 0.15) is 19.8 Å². The summed E-state index contributed by atoms with van der Waals surface area (Å²) in [5, 5.41) is 10.6. The third-order valence-corrected chi connectivity index (χ3v) is 1.41. The highest BCUT2D eigenvalue weighted by molar-refractivity contribution is 5.01. The van der Waals surface area contributed by atoms with Gasteiger partial charge in [0.15, 0.2) is 0 Å². The molecular formula is C8H12N2O2. The summed E-state index contributed by atoms with van der Waals surface area (Å²) in [4.78, 5) is 3.78. The molecule has 0 bridgehead atoms. The standard InChI is InChI=1S/C8H12N2O2/c1-2-3-6-12-8-4-5-10(11)7-9-8/h4-5,7H,2-3,6H2,1H3. The summed E-state index contributed by atoms with van der Waals surface area (Å²) < 4.78 is 5.87. The normalized spacial score (nSPS) is 9.75. The van der Waals surface area contributed by atoms with Gasteiger partial charge in [-0.3, -0.25) is 0 Å². The Hall–Kier alpha value is -1.32. The van der Waals surface area contributed by atoms with Crippen molar-refractivity contribution in [1.82, 2.24) is 4.98 Å². The summed E-state index contributed by atoms with van der Waals surface area (Å²) >= 11 is 0. The molecule has 0 saturated heterocycles. The maximum atomic E-state index is 10.6. The molecule has 0 radical (unpaired) electrons. The molecule has 1 aromatic rings. The SMILES string of the molecule is CCCCOc1cc[n+]([O-])cn1. The molecule has 0 aromatic carbocycles. The van der Waals surface area contributed by atoms with Crippen LogP contribution >= 0.6 is 0 Å². The van der Waals surface area contributed by atoms with E-state index in [0.29, 0.717) is 17.2 Å². The minimum absolute atomic E-state index is 0.510. The highest BCUT2D eigenvalue weighted by Gasteiger charge is 1.99. The highest BCUT2D eigenvalue weighted by Crippen LogP contribution is 2.01. The molecule has 0 atom stereocenters. The largest absolute Gasteiger partial charge is 0.711 e. The van der Waals surface area contributed by atoms with Gasteiger partial charge in [-0.2, -0.15) is 0 Å². The fourth-order valence-corrected chi connectivity index (χ4v) is 0.739. The smallest absolute Gasteiger partial charge is 0.331 e. The van der Waals surface area contributed by atoms with Crippen LogP contribution in [-0.4, -0.2) is 11.6 Å². The van der Waals surface area contributed by atoms with Gasteiger partial charge in [0.25, 0.3) is 6.33 Å². The molecule has 1 heterocycles. The molecule has 0 N–H and O–H groups in total. The molecule has 0 aliphatic carbocycles. The van der Waals surface area contributed by atoms with E-state index in [2.05, 4.69) is 11.9 Å². The van der Waals surface area contributed by atoms with Crippen LogP contribution < -0.4 is 9.47 Å². The molecule has 4 nitrogen and oxygen atoms in total. The van der Waals surface area contributed by atoms with Gasteiger partial charge in [-0.05, 0) is 11.4 Å². The molecule has 0 unspecified atom stereocenters. The van der Waals surface area contributed by atoms with Gasteiger partial charge in [0.1, 0.15) is 6.20 Å². The number of nitrogens with zero attached hydrogens (tertiary/aromatic N) is 2. The van der Waals surface area contributed by atoms with Gasteiger partial charge in [-0.25, -0.2) is 4.73 Å². The molecule has 0 fully saturated rings. The number of unbranched alkanes of at least 4 members (excludes halogenated alkanes) is 1. The Kier molecular flexibility index (Phi) is 3.32. The van der Waals surface area contributed by atoms with Gasteiger partial charge >= 0.3 is 5.88 Å². The molecule has 1 rings (SSSR count). The minimum Gasteiger partial charge on any atom is -0.711 e. The van der Waals surface area contributed by atoms with E-state index in [1.54, 1.807) is 6.07 Å². The van der Waals surface area contributed by atoms with E-state index in [0.717, 1.165) is 12.8 Å². The van der Waals surface area contributed by atoms with Gasteiger partial charge in [0, 0.05) is 0 Å². The van der Waals surface area contributed by atoms with Crippen LogP contribution in [0.25, 0.3) is 0 Å². The van der Waals surface area contributed by atoms with Crippen LogP contribution in [-0.2, 0) is 0 Å². The molecule has 0 spiro atoms. The van der Waals surface area contributed by atoms with Crippen LogP contribution in [0, 0.1) is 5.21 Å². The quantitative estimate of drug-likeness (QED) is 0.381. The van der Waals surface area contributed by atoms with E-state index in [4.69, 9.17) is 4.74 Å². The van der Waals surface area contributed by atoms with Crippen molar-refractivity contribution < 1.29 is 9.47 Å². The van der Waals surface area contributed by atoms with Gasteiger partial charge in [0.2, 0.25) is 0 Å². The number of hydrogen-bond acceptors (Lipinski definition) is 3.